The van der Waals surface area contributed by atoms with Gasteiger partial charge in [-0.05, 0) is 25.0 Å². The van der Waals surface area contributed by atoms with Gasteiger partial charge in [-0.2, -0.15) is 0 Å². The fraction of sp³-hybridized carbons (Fsp3) is 0.174. The van der Waals surface area contributed by atoms with Crippen LogP contribution in [0.1, 0.15) is 28.5 Å². The van der Waals surface area contributed by atoms with E-state index in [4.69, 9.17) is 0 Å². The standard InChI is InChI=1S/C23H25N3S2/c1-4-22(20-12-10-17(2)11-13-20)27-18(3)24-15-21-16-26-23(28-21)25-14-19-8-6-5-7-9-19/h4-13,16,24H,3,14-15H2,1-2H3,(H,25,26)/b22-4-. The SMILES string of the molecule is C=C(NCc1cnc(NCc2ccccc2)s1)S/C(=C\C)c1ccc(C)cc1. The highest BCUT2D eigenvalue weighted by Crippen LogP contribution is 2.32. The lowest BCUT2D eigenvalue weighted by Crippen LogP contribution is -2.08. The number of anilines is 1. The number of benzene rings is 2. The van der Waals surface area contributed by atoms with Gasteiger partial charge < -0.3 is 10.6 Å². The molecular formula is C23H25N3S2. The van der Waals surface area contributed by atoms with Crippen molar-refractivity contribution in [2.24, 2.45) is 0 Å². The number of hydrogen-bond donors (Lipinski definition) is 2. The van der Waals surface area contributed by atoms with Gasteiger partial charge in [0.1, 0.15) is 0 Å². The van der Waals surface area contributed by atoms with E-state index in [9.17, 15) is 0 Å². The van der Waals surface area contributed by atoms with Crippen LogP contribution < -0.4 is 10.6 Å². The molecule has 3 rings (SSSR count). The van der Waals surface area contributed by atoms with Gasteiger partial charge in [0, 0.05) is 22.5 Å². The van der Waals surface area contributed by atoms with Gasteiger partial charge in [-0.1, -0.05) is 84.6 Å². The van der Waals surface area contributed by atoms with Gasteiger partial charge in [0.05, 0.1) is 11.6 Å². The molecule has 2 N–H and O–H groups in total. The average Bonchev–Trinajstić information content (AvgIpc) is 3.18. The lowest BCUT2D eigenvalue weighted by atomic mass is 10.1. The van der Waals surface area contributed by atoms with Crippen molar-refractivity contribution in [1.82, 2.24) is 10.3 Å². The minimum atomic E-state index is 0.724. The van der Waals surface area contributed by atoms with Crippen LogP contribution in [0.2, 0.25) is 0 Å². The van der Waals surface area contributed by atoms with Crippen LogP contribution in [0.5, 0.6) is 0 Å². The molecule has 3 aromatic rings. The molecule has 0 aliphatic rings. The van der Waals surface area contributed by atoms with Crippen LogP contribution in [0, 0.1) is 6.92 Å². The normalized spacial score (nSPS) is 11.3. The van der Waals surface area contributed by atoms with E-state index in [0.717, 1.165) is 23.3 Å². The van der Waals surface area contributed by atoms with Crippen LogP contribution >= 0.6 is 23.1 Å². The molecule has 0 fully saturated rings. The molecular weight excluding hydrogens is 382 g/mol. The zero-order chi connectivity index (χ0) is 19.8. The largest absolute Gasteiger partial charge is 0.375 e. The molecule has 0 aliphatic heterocycles. The Bertz CT molecular complexity index is 928. The number of allylic oxidation sites excluding steroid dienone is 1. The molecule has 0 aliphatic carbocycles. The van der Waals surface area contributed by atoms with E-state index < -0.39 is 0 Å². The lowest BCUT2D eigenvalue weighted by molar-refractivity contribution is 0.873. The molecule has 1 aromatic heterocycles. The van der Waals surface area contributed by atoms with Gasteiger partial charge in [0.25, 0.3) is 0 Å². The predicted octanol–water partition coefficient (Wildman–Crippen LogP) is 6.42. The van der Waals surface area contributed by atoms with E-state index in [1.165, 1.54) is 26.5 Å². The summed E-state index contributed by atoms with van der Waals surface area (Å²) < 4.78 is 0. The monoisotopic (exact) mass is 407 g/mol. The molecule has 28 heavy (non-hydrogen) atoms. The molecule has 0 saturated carbocycles. The minimum absolute atomic E-state index is 0.724. The van der Waals surface area contributed by atoms with E-state index in [1.807, 2.05) is 24.4 Å². The topological polar surface area (TPSA) is 37.0 Å². The van der Waals surface area contributed by atoms with E-state index in [2.05, 4.69) is 78.5 Å². The molecule has 144 valence electrons. The molecule has 1 heterocycles. The van der Waals surface area contributed by atoms with Crippen LogP contribution in [-0.2, 0) is 13.1 Å². The molecule has 5 heteroatoms. The maximum absolute atomic E-state index is 4.46. The summed E-state index contributed by atoms with van der Waals surface area (Å²) in [6.45, 7) is 9.83. The van der Waals surface area contributed by atoms with Crippen molar-refractivity contribution in [1.29, 1.82) is 0 Å². The summed E-state index contributed by atoms with van der Waals surface area (Å²) in [6.07, 6.45) is 4.04. The predicted molar refractivity (Wildman–Crippen MR) is 124 cm³/mol. The van der Waals surface area contributed by atoms with Gasteiger partial charge in [0.15, 0.2) is 5.13 Å². The highest BCUT2D eigenvalue weighted by atomic mass is 32.2. The first kappa shape index (κ1) is 20.2. The minimum Gasteiger partial charge on any atom is -0.375 e. The van der Waals surface area contributed by atoms with Gasteiger partial charge in [0.2, 0.25) is 0 Å². The van der Waals surface area contributed by atoms with Crippen molar-refractivity contribution >= 4 is 33.1 Å². The number of aryl methyl sites for hydroxylation is 1. The van der Waals surface area contributed by atoms with Crippen molar-refractivity contribution in [3.8, 4) is 0 Å². The zero-order valence-corrected chi connectivity index (χ0v) is 17.9. The highest BCUT2D eigenvalue weighted by molar-refractivity contribution is 8.11. The summed E-state index contributed by atoms with van der Waals surface area (Å²) in [5.41, 5.74) is 3.73. The summed E-state index contributed by atoms with van der Waals surface area (Å²) in [5, 5.41) is 8.65. The Hall–Kier alpha value is -2.50. The Kier molecular flexibility index (Phi) is 7.34. The summed E-state index contributed by atoms with van der Waals surface area (Å²) in [4.78, 5) is 6.84. The number of rotatable bonds is 9. The molecule has 2 aromatic carbocycles. The third-order valence-electron chi connectivity index (χ3n) is 4.13. The van der Waals surface area contributed by atoms with Crippen molar-refractivity contribution in [3.63, 3.8) is 0 Å². The number of aromatic nitrogens is 1. The third-order valence-corrected chi connectivity index (χ3v) is 6.17. The van der Waals surface area contributed by atoms with Crippen LogP contribution in [0.25, 0.3) is 4.91 Å². The van der Waals surface area contributed by atoms with E-state index in [-0.39, 0.29) is 0 Å². The Morgan fingerprint density at radius 3 is 2.57 bits per heavy atom. The Labute approximate surface area is 175 Å². The van der Waals surface area contributed by atoms with E-state index in [1.54, 1.807) is 23.1 Å². The van der Waals surface area contributed by atoms with E-state index in [0.29, 0.717) is 0 Å². The Morgan fingerprint density at radius 1 is 1.11 bits per heavy atom. The van der Waals surface area contributed by atoms with Crippen LogP contribution in [0.15, 0.2) is 78.5 Å². The van der Waals surface area contributed by atoms with Gasteiger partial charge in [-0.3, -0.25) is 0 Å². The van der Waals surface area contributed by atoms with Gasteiger partial charge in [-0.15, -0.1) is 11.3 Å². The molecule has 0 unspecified atom stereocenters. The van der Waals surface area contributed by atoms with E-state index >= 15 is 0 Å². The van der Waals surface area contributed by atoms with Crippen LogP contribution in [-0.4, -0.2) is 4.98 Å². The summed E-state index contributed by atoms with van der Waals surface area (Å²) in [7, 11) is 0. The Balaban J connectivity index is 1.48. The average molecular weight is 408 g/mol. The molecule has 0 amide bonds. The van der Waals surface area contributed by atoms with Crippen molar-refractivity contribution < 1.29 is 0 Å². The molecule has 0 bridgehead atoms. The smallest absolute Gasteiger partial charge is 0.183 e. The quantitative estimate of drug-likeness (QED) is 0.429. The fourth-order valence-electron chi connectivity index (χ4n) is 2.60. The van der Waals surface area contributed by atoms with Gasteiger partial charge >= 0.3 is 0 Å². The first-order valence-corrected chi connectivity index (χ1v) is 10.8. The van der Waals surface area contributed by atoms with Crippen molar-refractivity contribution in [2.75, 3.05) is 5.32 Å². The number of thiazole rings is 1. The van der Waals surface area contributed by atoms with Crippen molar-refractivity contribution in [3.05, 3.63) is 100 Å². The lowest BCUT2D eigenvalue weighted by Gasteiger charge is -2.11. The summed E-state index contributed by atoms with van der Waals surface area (Å²) in [5.74, 6) is 0. The second-order valence-electron chi connectivity index (χ2n) is 6.37. The van der Waals surface area contributed by atoms with Crippen LogP contribution in [0.3, 0.4) is 0 Å². The first-order valence-electron chi connectivity index (χ1n) is 9.20. The fourth-order valence-corrected chi connectivity index (χ4v) is 4.13. The Morgan fingerprint density at radius 2 is 1.86 bits per heavy atom. The third kappa shape index (κ3) is 6.01. The first-order chi connectivity index (χ1) is 13.6. The van der Waals surface area contributed by atoms with Gasteiger partial charge in [-0.25, -0.2) is 4.98 Å². The molecule has 3 nitrogen and oxygen atoms in total. The highest BCUT2D eigenvalue weighted by Gasteiger charge is 2.06. The summed E-state index contributed by atoms with van der Waals surface area (Å²) in [6, 6.07) is 18.9. The molecule has 0 spiro atoms. The van der Waals surface area contributed by atoms with Crippen LogP contribution in [0.4, 0.5) is 5.13 Å². The number of hydrogen-bond acceptors (Lipinski definition) is 5. The second-order valence-corrected chi connectivity index (χ2v) is 8.62. The maximum Gasteiger partial charge on any atom is 0.183 e. The zero-order valence-electron chi connectivity index (χ0n) is 16.2. The molecule has 0 atom stereocenters. The van der Waals surface area contributed by atoms with Crippen molar-refractivity contribution in [2.45, 2.75) is 26.9 Å². The number of nitrogens with one attached hydrogen (secondary N) is 2. The molecule has 0 radical (unpaired) electrons. The summed E-state index contributed by atoms with van der Waals surface area (Å²) >= 11 is 3.33. The number of thioether (sulfide) groups is 1. The number of nitrogens with zero attached hydrogens (tertiary/aromatic N) is 1. The second kappa shape index (κ2) is 10.2. The molecule has 0 saturated heterocycles. The maximum atomic E-state index is 4.46.